The van der Waals surface area contributed by atoms with Crippen molar-refractivity contribution in [3.63, 3.8) is 0 Å². The zero-order valence-electron chi connectivity index (χ0n) is 13.9. The molecule has 0 radical (unpaired) electrons. The van der Waals surface area contributed by atoms with Crippen molar-refractivity contribution in [2.75, 3.05) is 6.54 Å². The van der Waals surface area contributed by atoms with Crippen molar-refractivity contribution in [3.8, 4) is 0 Å². The molecular weight excluding hydrogens is 423 g/mol. The van der Waals surface area contributed by atoms with Crippen LogP contribution >= 0.6 is 15.9 Å². The van der Waals surface area contributed by atoms with Gasteiger partial charge in [0.1, 0.15) is 11.9 Å². The number of benzene rings is 2. The minimum atomic E-state index is -3.84. The number of hydrogen-bond donors (Lipinski definition) is 1. The summed E-state index contributed by atoms with van der Waals surface area (Å²) in [5.74, 6) is -0.832. The summed E-state index contributed by atoms with van der Waals surface area (Å²) in [5, 5.41) is 2.80. The summed E-state index contributed by atoms with van der Waals surface area (Å²) < 4.78 is 40.8. The third-order valence-electron chi connectivity index (χ3n) is 4.28. The van der Waals surface area contributed by atoms with Gasteiger partial charge in [-0.25, -0.2) is 12.8 Å². The maximum absolute atomic E-state index is 13.1. The highest BCUT2D eigenvalue weighted by atomic mass is 79.9. The Bertz CT molecular complexity index is 903. The van der Waals surface area contributed by atoms with Crippen LogP contribution in [0.5, 0.6) is 0 Å². The number of nitrogens with one attached hydrogen (secondary N) is 1. The second-order valence-corrected chi connectivity index (χ2v) is 8.88. The molecule has 2 aromatic carbocycles. The van der Waals surface area contributed by atoms with Gasteiger partial charge < -0.3 is 5.32 Å². The van der Waals surface area contributed by atoms with Crippen LogP contribution in [0.1, 0.15) is 18.4 Å². The molecule has 0 saturated carbocycles. The molecule has 0 unspecified atom stereocenters. The number of carbonyl (C=O) groups excluding carboxylic acids is 1. The monoisotopic (exact) mass is 440 g/mol. The van der Waals surface area contributed by atoms with Crippen molar-refractivity contribution >= 4 is 31.9 Å². The summed E-state index contributed by atoms with van der Waals surface area (Å²) in [7, 11) is -3.84. The van der Waals surface area contributed by atoms with Crippen LogP contribution in [0.15, 0.2) is 57.9 Å². The van der Waals surface area contributed by atoms with Gasteiger partial charge in [-0.05, 0) is 54.8 Å². The van der Waals surface area contributed by atoms with E-state index in [-0.39, 0.29) is 17.3 Å². The van der Waals surface area contributed by atoms with E-state index in [1.54, 1.807) is 0 Å². The minimum absolute atomic E-state index is 0.00871. The Morgan fingerprint density at radius 1 is 1.23 bits per heavy atom. The largest absolute Gasteiger partial charge is 0.351 e. The molecule has 1 aliphatic heterocycles. The van der Waals surface area contributed by atoms with Gasteiger partial charge in [0.2, 0.25) is 15.9 Å². The van der Waals surface area contributed by atoms with Crippen LogP contribution in [0.4, 0.5) is 4.39 Å². The molecule has 0 spiro atoms. The zero-order chi connectivity index (χ0) is 18.7. The van der Waals surface area contributed by atoms with Crippen LogP contribution in [-0.4, -0.2) is 31.2 Å². The summed E-state index contributed by atoms with van der Waals surface area (Å²) in [6.45, 7) is 0.591. The first-order valence-electron chi connectivity index (χ1n) is 8.17. The second-order valence-electron chi connectivity index (χ2n) is 6.08. The Hall–Kier alpha value is -1.77. The lowest BCUT2D eigenvalue weighted by molar-refractivity contribution is -0.124. The van der Waals surface area contributed by atoms with Gasteiger partial charge in [-0.1, -0.05) is 28.1 Å². The van der Waals surface area contributed by atoms with Crippen LogP contribution in [0.3, 0.4) is 0 Å². The molecule has 2 aromatic rings. The Balaban J connectivity index is 1.72. The topological polar surface area (TPSA) is 66.5 Å². The van der Waals surface area contributed by atoms with E-state index in [2.05, 4.69) is 21.2 Å². The number of hydrogen-bond acceptors (Lipinski definition) is 3. The molecule has 26 heavy (non-hydrogen) atoms. The molecule has 1 saturated heterocycles. The molecule has 3 rings (SSSR count). The van der Waals surface area contributed by atoms with E-state index in [1.165, 1.54) is 16.4 Å². The highest BCUT2D eigenvalue weighted by Crippen LogP contribution is 2.26. The smallest absolute Gasteiger partial charge is 0.243 e. The summed E-state index contributed by atoms with van der Waals surface area (Å²) in [6.07, 6.45) is 1.07. The number of sulfonamides is 1. The molecule has 1 fully saturated rings. The Morgan fingerprint density at radius 3 is 2.65 bits per heavy atom. The molecular formula is C18H18BrFN2O3S. The first kappa shape index (κ1) is 19.0. The van der Waals surface area contributed by atoms with Crippen LogP contribution < -0.4 is 5.32 Å². The summed E-state index contributed by atoms with van der Waals surface area (Å²) in [5.41, 5.74) is 0.915. The lowest BCUT2D eigenvalue weighted by Gasteiger charge is -2.23. The predicted octanol–water partition coefficient (Wildman–Crippen LogP) is 3.06. The molecule has 1 atom stereocenters. The number of nitrogens with zero attached hydrogens (tertiary/aromatic N) is 1. The fourth-order valence-electron chi connectivity index (χ4n) is 2.99. The van der Waals surface area contributed by atoms with Crippen LogP contribution in [0.25, 0.3) is 0 Å². The van der Waals surface area contributed by atoms with Crippen LogP contribution in [0.2, 0.25) is 0 Å². The summed E-state index contributed by atoms with van der Waals surface area (Å²) >= 11 is 3.38. The maximum Gasteiger partial charge on any atom is 0.243 e. The highest BCUT2D eigenvalue weighted by molar-refractivity contribution is 9.10. The van der Waals surface area contributed by atoms with E-state index in [0.29, 0.717) is 19.4 Å². The van der Waals surface area contributed by atoms with Crippen LogP contribution in [-0.2, 0) is 21.4 Å². The van der Waals surface area contributed by atoms with E-state index in [9.17, 15) is 17.6 Å². The molecule has 1 N–H and O–H groups in total. The molecule has 0 bridgehead atoms. The SMILES string of the molecule is O=C(NCc1cccc(Br)c1)[C@@H]1CCCN1S(=O)(=O)c1ccc(F)cc1. The molecule has 0 aromatic heterocycles. The lowest BCUT2D eigenvalue weighted by Crippen LogP contribution is -2.45. The van der Waals surface area contributed by atoms with Gasteiger partial charge in [-0.3, -0.25) is 4.79 Å². The number of amides is 1. The fraction of sp³-hybridized carbons (Fsp3) is 0.278. The maximum atomic E-state index is 13.1. The molecule has 0 aliphatic carbocycles. The van der Waals surface area contributed by atoms with Gasteiger partial charge in [-0.15, -0.1) is 0 Å². The fourth-order valence-corrected chi connectivity index (χ4v) is 5.09. The number of halogens is 2. The number of rotatable bonds is 5. The Morgan fingerprint density at radius 2 is 1.96 bits per heavy atom. The molecule has 1 aliphatic rings. The average molecular weight is 441 g/mol. The van der Waals surface area contributed by atoms with Gasteiger partial charge in [0.15, 0.2) is 0 Å². The second kappa shape index (κ2) is 7.85. The standard InChI is InChI=1S/C18H18BrFN2O3S/c19-14-4-1-3-13(11-14)12-21-18(23)17-5-2-10-22(17)26(24,25)16-8-6-15(20)7-9-16/h1,3-4,6-9,11,17H,2,5,10,12H2,(H,21,23)/t17-/m0/s1. The number of carbonyl (C=O) groups is 1. The summed E-state index contributed by atoms with van der Waals surface area (Å²) in [6, 6.07) is 11.4. The molecule has 8 heteroatoms. The first-order valence-corrected chi connectivity index (χ1v) is 10.4. The van der Waals surface area contributed by atoms with E-state index >= 15 is 0 Å². The first-order chi connectivity index (χ1) is 12.4. The van der Waals surface area contributed by atoms with Crippen molar-refractivity contribution < 1.29 is 17.6 Å². The van der Waals surface area contributed by atoms with E-state index in [0.717, 1.165) is 22.2 Å². The van der Waals surface area contributed by atoms with Crippen molar-refractivity contribution in [3.05, 3.63) is 64.4 Å². The van der Waals surface area contributed by atoms with E-state index < -0.39 is 21.9 Å². The lowest BCUT2D eigenvalue weighted by atomic mass is 10.2. The van der Waals surface area contributed by atoms with Crippen molar-refractivity contribution in [2.45, 2.75) is 30.3 Å². The highest BCUT2D eigenvalue weighted by Gasteiger charge is 2.39. The molecule has 138 valence electrons. The van der Waals surface area contributed by atoms with Crippen molar-refractivity contribution in [2.24, 2.45) is 0 Å². The molecule has 1 amide bonds. The predicted molar refractivity (Wildman–Crippen MR) is 99.3 cm³/mol. The average Bonchev–Trinajstić information content (AvgIpc) is 3.11. The Kier molecular flexibility index (Phi) is 5.74. The normalized spacial score (nSPS) is 18.0. The van der Waals surface area contributed by atoms with Crippen molar-refractivity contribution in [1.82, 2.24) is 9.62 Å². The van der Waals surface area contributed by atoms with Gasteiger partial charge >= 0.3 is 0 Å². The van der Waals surface area contributed by atoms with Gasteiger partial charge in [-0.2, -0.15) is 4.31 Å². The molecule has 1 heterocycles. The molecule has 5 nitrogen and oxygen atoms in total. The van der Waals surface area contributed by atoms with Gasteiger partial charge in [0, 0.05) is 17.6 Å². The van der Waals surface area contributed by atoms with Gasteiger partial charge in [0.05, 0.1) is 4.90 Å². The summed E-state index contributed by atoms with van der Waals surface area (Å²) in [4.78, 5) is 12.5. The third kappa shape index (κ3) is 4.13. The Labute approximate surface area is 160 Å². The van der Waals surface area contributed by atoms with Crippen molar-refractivity contribution in [1.29, 1.82) is 0 Å². The van der Waals surface area contributed by atoms with E-state index in [1.807, 2.05) is 24.3 Å². The van der Waals surface area contributed by atoms with Gasteiger partial charge in [0.25, 0.3) is 0 Å². The van der Waals surface area contributed by atoms with Crippen LogP contribution in [0, 0.1) is 5.82 Å². The van der Waals surface area contributed by atoms with E-state index in [4.69, 9.17) is 0 Å². The third-order valence-corrected chi connectivity index (χ3v) is 6.70. The quantitative estimate of drug-likeness (QED) is 0.776. The minimum Gasteiger partial charge on any atom is -0.351 e. The zero-order valence-corrected chi connectivity index (χ0v) is 16.3.